The molecule has 1 aliphatic heterocycles. The summed E-state index contributed by atoms with van der Waals surface area (Å²) < 4.78 is 14.6. The molecule has 1 heterocycles. The maximum atomic E-state index is 10.3. The Morgan fingerprint density at radius 2 is 2.58 bits per heavy atom. The molecule has 0 radical (unpaired) electrons. The highest BCUT2D eigenvalue weighted by molar-refractivity contribution is 5.65. The largest absolute Gasteiger partial charge is 0.466 e. The number of hydrogen-bond donors (Lipinski definition) is 0. The fourth-order valence-electron chi connectivity index (χ4n) is 0.864. The molecule has 0 saturated heterocycles. The molecule has 1 aliphatic rings. The van der Waals surface area contributed by atoms with E-state index in [1.165, 1.54) is 6.92 Å². The summed E-state index contributed by atoms with van der Waals surface area (Å²) in [6.07, 6.45) is 3.12. The number of carbonyl (C=O) groups is 1. The third-order valence-corrected chi connectivity index (χ3v) is 1.40. The molecule has 4 heteroatoms. The number of allylic oxidation sites excluding steroid dienone is 1. The molecule has 0 unspecified atom stereocenters. The van der Waals surface area contributed by atoms with Crippen molar-refractivity contribution in [1.29, 1.82) is 0 Å². The second-order valence-corrected chi connectivity index (χ2v) is 2.46. The van der Waals surface area contributed by atoms with Crippen molar-refractivity contribution in [3.63, 3.8) is 0 Å². The van der Waals surface area contributed by atoms with Crippen LogP contribution in [0.25, 0.3) is 0 Å². The molecule has 68 valence electrons. The van der Waals surface area contributed by atoms with Crippen LogP contribution in [0.2, 0.25) is 0 Å². The quantitative estimate of drug-likeness (QED) is 0.471. The van der Waals surface area contributed by atoms with Gasteiger partial charge in [-0.25, -0.2) is 0 Å². The Labute approximate surface area is 71.1 Å². The molecule has 0 N–H and O–H groups in total. The number of esters is 1. The number of carbonyl (C=O) groups excluding carboxylic acids is 1. The third kappa shape index (κ3) is 3.27. The lowest BCUT2D eigenvalue weighted by atomic mass is 10.3. The van der Waals surface area contributed by atoms with E-state index in [1.807, 2.05) is 0 Å². The zero-order chi connectivity index (χ0) is 8.81. The Hall–Kier alpha value is -1.19. The van der Waals surface area contributed by atoms with Crippen molar-refractivity contribution in [3.8, 4) is 0 Å². The summed E-state index contributed by atoms with van der Waals surface area (Å²) in [6.45, 7) is 2.15. The van der Waals surface area contributed by atoms with Crippen molar-refractivity contribution >= 4 is 5.97 Å². The van der Waals surface area contributed by atoms with Gasteiger partial charge in [0.2, 0.25) is 6.79 Å². The highest BCUT2D eigenvalue weighted by Crippen LogP contribution is 2.12. The van der Waals surface area contributed by atoms with E-state index >= 15 is 0 Å². The van der Waals surface area contributed by atoms with E-state index in [0.717, 1.165) is 18.6 Å². The number of rotatable bonds is 4. The fraction of sp³-hybridized carbons (Fsp3) is 0.625. The molecule has 12 heavy (non-hydrogen) atoms. The van der Waals surface area contributed by atoms with Crippen LogP contribution in [0.5, 0.6) is 0 Å². The predicted octanol–water partition coefficient (Wildman–Crippen LogP) is 1.18. The number of ether oxygens (including phenoxy) is 3. The lowest BCUT2D eigenvalue weighted by Gasteiger charge is -2.01. The van der Waals surface area contributed by atoms with Crippen molar-refractivity contribution in [2.45, 2.75) is 19.8 Å². The lowest BCUT2D eigenvalue weighted by Crippen LogP contribution is -2.00. The summed E-state index contributed by atoms with van der Waals surface area (Å²) >= 11 is 0. The SMILES string of the molecule is CC(=O)OCCCC1=COCO1. The monoisotopic (exact) mass is 172 g/mol. The molecule has 0 aromatic heterocycles. The molecule has 4 nitrogen and oxygen atoms in total. The van der Waals surface area contributed by atoms with Gasteiger partial charge in [0.1, 0.15) is 12.0 Å². The van der Waals surface area contributed by atoms with E-state index < -0.39 is 0 Å². The molecular weight excluding hydrogens is 160 g/mol. The van der Waals surface area contributed by atoms with Crippen LogP contribution in [0.4, 0.5) is 0 Å². The highest BCUT2D eigenvalue weighted by Gasteiger charge is 2.05. The van der Waals surface area contributed by atoms with E-state index in [2.05, 4.69) is 0 Å². The summed E-state index contributed by atoms with van der Waals surface area (Å²) in [5, 5.41) is 0. The van der Waals surface area contributed by atoms with Gasteiger partial charge in [0.25, 0.3) is 0 Å². The summed E-state index contributed by atoms with van der Waals surface area (Å²) in [7, 11) is 0. The third-order valence-electron chi connectivity index (χ3n) is 1.40. The van der Waals surface area contributed by atoms with Crippen LogP contribution < -0.4 is 0 Å². The van der Waals surface area contributed by atoms with Crippen LogP contribution in [-0.4, -0.2) is 19.4 Å². The van der Waals surface area contributed by atoms with Gasteiger partial charge in [-0.3, -0.25) is 4.79 Å². The highest BCUT2D eigenvalue weighted by atomic mass is 16.7. The number of hydrogen-bond acceptors (Lipinski definition) is 4. The molecule has 0 spiro atoms. The molecule has 0 fully saturated rings. The Kier molecular flexibility index (Phi) is 3.44. The topological polar surface area (TPSA) is 44.8 Å². The second-order valence-electron chi connectivity index (χ2n) is 2.46. The van der Waals surface area contributed by atoms with Crippen LogP contribution in [-0.2, 0) is 19.0 Å². The summed E-state index contributed by atoms with van der Waals surface area (Å²) in [5.74, 6) is 0.578. The smallest absolute Gasteiger partial charge is 0.302 e. The van der Waals surface area contributed by atoms with Crippen LogP contribution in [0.3, 0.4) is 0 Å². The Bertz CT molecular complexity index is 185. The van der Waals surface area contributed by atoms with E-state index in [-0.39, 0.29) is 5.97 Å². The minimum atomic E-state index is -0.243. The van der Waals surface area contributed by atoms with Gasteiger partial charge in [-0.05, 0) is 6.42 Å². The molecule has 0 aromatic carbocycles. The molecule has 1 rings (SSSR count). The molecule has 0 bridgehead atoms. The van der Waals surface area contributed by atoms with Gasteiger partial charge >= 0.3 is 5.97 Å². The minimum Gasteiger partial charge on any atom is -0.466 e. The van der Waals surface area contributed by atoms with E-state index in [0.29, 0.717) is 13.4 Å². The van der Waals surface area contributed by atoms with Crippen molar-refractivity contribution in [2.75, 3.05) is 13.4 Å². The van der Waals surface area contributed by atoms with Gasteiger partial charge in [0.15, 0.2) is 0 Å². The Morgan fingerprint density at radius 1 is 1.75 bits per heavy atom. The van der Waals surface area contributed by atoms with Crippen molar-refractivity contribution in [1.82, 2.24) is 0 Å². The second kappa shape index (κ2) is 4.64. The fourth-order valence-corrected chi connectivity index (χ4v) is 0.864. The normalized spacial score (nSPS) is 14.6. The van der Waals surface area contributed by atoms with Crippen LogP contribution in [0, 0.1) is 0 Å². The summed E-state index contributed by atoms with van der Waals surface area (Å²) in [6, 6.07) is 0. The first kappa shape index (κ1) is 8.90. The first-order valence-corrected chi connectivity index (χ1v) is 3.86. The zero-order valence-corrected chi connectivity index (χ0v) is 7.04. The molecule has 0 saturated carbocycles. The first-order chi connectivity index (χ1) is 5.79. The van der Waals surface area contributed by atoms with Gasteiger partial charge in [0, 0.05) is 13.3 Å². The zero-order valence-electron chi connectivity index (χ0n) is 7.04. The lowest BCUT2D eigenvalue weighted by molar-refractivity contribution is -0.141. The van der Waals surface area contributed by atoms with Crippen molar-refractivity contribution in [2.24, 2.45) is 0 Å². The van der Waals surface area contributed by atoms with Crippen LogP contribution >= 0.6 is 0 Å². The average Bonchev–Trinajstić information content (AvgIpc) is 2.49. The molecular formula is C8H12O4. The van der Waals surface area contributed by atoms with Gasteiger partial charge in [0.05, 0.1) is 6.61 Å². The molecule has 0 amide bonds. The molecule has 0 aromatic rings. The van der Waals surface area contributed by atoms with E-state index in [4.69, 9.17) is 14.2 Å². The summed E-state index contributed by atoms with van der Waals surface area (Å²) in [5.41, 5.74) is 0. The van der Waals surface area contributed by atoms with Gasteiger partial charge in [-0.15, -0.1) is 0 Å². The maximum absolute atomic E-state index is 10.3. The average molecular weight is 172 g/mol. The van der Waals surface area contributed by atoms with Gasteiger partial charge in [-0.1, -0.05) is 0 Å². The van der Waals surface area contributed by atoms with Gasteiger partial charge in [-0.2, -0.15) is 0 Å². The Morgan fingerprint density at radius 3 is 3.17 bits per heavy atom. The van der Waals surface area contributed by atoms with Crippen LogP contribution in [0.1, 0.15) is 19.8 Å². The van der Waals surface area contributed by atoms with Gasteiger partial charge < -0.3 is 14.2 Å². The van der Waals surface area contributed by atoms with Crippen LogP contribution in [0.15, 0.2) is 12.0 Å². The minimum absolute atomic E-state index is 0.243. The maximum Gasteiger partial charge on any atom is 0.302 e. The first-order valence-electron chi connectivity index (χ1n) is 3.86. The van der Waals surface area contributed by atoms with E-state index in [1.54, 1.807) is 6.26 Å². The Balaban J connectivity index is 1.98. The van der Waals surface area contributed by atoms with Crippen molar-refractivity contribution in [3.05, 3.63) is 12.0 Å². The standard InChI is InChI=1S/C8H12O4/c1-7(9)11-4-2-3-8-5-10-6-12-8/h5H,2-4,6H2,1H3. The van der Waals surface area contributed by atoms with E-state index in [9.17, 15) is 4.79 Å². The van der Waals surface area contributed by atoms with Crippen molar-refractivity contribution < 1.29 is 19.0 Å². The molecule has 0 aliphatic carbocycles. The molecule has 0 atom stereocenters. The summed E-state index contributed by atoms with van der Waals surface area (Å²) in [4.78, 5) is 10.3. The predicted molar refractivity (Wildman–Crippen MR) is 41.0 cm³/mol.